The van der Waals surface area contributed by atoms with E-state index >= 15 is 9.59 Å². The summed E-state index contributed by atoms with van der Waals surface area (Å²) in [6, 6.07) is 7.06. The van der Waals surface area contributed by atoms with Gasteiger partial charge >= 0.3 is 5.97 Å². The van der Waals surface area contributed by atoms with Gasteiger partial charge in [0.2, 0.25) is 47.3 Å². The molecule has 6 rings (SSSR count). The Morgan fingerprint density at radius 2 is 1.42 bits per heavy atom. The molecule has 0 unspecified atom stereocenters. The van der Waals surface area contributed by atoms with Crippen LogP contribution in [0.25, 0.3) is 10.9 Å². The van der Waals surface area contributed by atoms with Gasteiger partial charge in [-0.15, -0.1) is 11.8 Å². The molecule has 2 fully saturated rings. The van der Waals surface area contributed by atoms with E-state index < -0.39 is 162 Å². The topological polar surface area (TPSA) is 463 Å². The molecule has 4 aromatic rings. The Labute approximate surface area is 543 Å². The maximum absolute atomic E-state index is 15.1. The Hall–Kier alpha value is -6.31. The van der Waals surface area contributed by atoms with Crippen molar-refractivity contribution in [2.24, 2.45) is 5.73 Å². The zero-order valence-corrected chi connectivity index (χ0v) is 53.6. The second kappa shape index (κ2) is 35.5. The predicted octanol–water partition coefficient (Wildman–Crippen LogP) is -2.32. The Morgan fingerprint density at radius 3 is 2.09 bits per heavy atom. The van der Waals surface area contributed by atoms with E-state index in [4.69, 9.17) is 10.5 Å². The van der Waals surface area contributed by atoms with Crippen molar-refractivity contribution in [3.8, 4) is 5.75 Å². The van der Waals surface area contributed by atoms with Crippen LogP contribution in [-0.2, 0) is 67.2 Å². The Kier molecular flexibility index (Phi) is 28.7. The van der Waals surface area contributed by atoms with Gasteiger partial charge in [0.15, 0.2) is 6.04 Å². The lowest BCUT2D eigenvalue weighted by Gasteiger charge is -2.39. The number of ether oxygens (including phenoxy) is 1. The highest BCUT2D eigenvalue weighted by molar-refractivity contribution is 14.1. The van der Waals surface area contributed by atoms with Gasteiger partial charge in [-0.1, -0.05) is 76.2 Å². The fourth-order valence-corrected chi connectivity index (χ4v) is 13.7. The lowest BCUT2D eigenvalue weighted by Crippen LogP contribution is -2.62. The van der Waals surface area contributed by atoms with E-state index in [0.717, 1.165) is 40.3 Å². The number of aliphatic carboxylic acids is 1. The molecule has 2 aliphatic rings. The number of carboxylic acid groups (broad SMARTS) is 1. The van der Waals surface area contributed by atoms with Crippen LogP contribution in [0.4, 0.5) is 0 Å². The predicted molar refractivity (Wildman–Crippen MR) is 342 cm³/mol. The Morgan fingerprint density at radius 1 is 0.767 bits per heavy atom. The number of hydrogen-bond acceptors (Lipinski definition) is 21. The Bertz CT molecular complexity index is 3120. The van der Waals surface area contributed by atoms with Gasteiger partial charge in [-0.3, -0.25) is 38.4 Å². The van der Waals surface area contributed by atoms with E-state index in [2.05, 4.69) is 47.5 Å². The van der Waals surface area contributed by atoms with Gasteiger partial charge in [-0.25, -0.2) is 4.79 Å². The molecule has 0 bridgehead atoms. The van der Waals surface area contributed by atoms with Crippen molar-refractivity contribution in [3.05, 3.63) is 99.3 Å². The van der Waals surface area contributed by atoms with Crippen LogP contribution in [0.1, 0.15) is 56.2 Å². The summed E-state index contributed by atoms with van der Waals surface area (Å²) >= 11 is 2.78. The maximum atomic E-state index is 15.1. The first-order valence-electron chi connectivity index (χ1n) is 28.8. The summed E-state index contributed by atoms with van der Waals surface area (Å²) in [6.45, 7) is 1.79. The monoisotopic (exact) mass is 1420 g/mol. The minimum atomic E-state index is -1.89. The van der Waals surface area contributed by atoms with Crippen LogP contribution in [-0.4, -0.2) is 220 Å². The number of aliphatic hydroxyl groups excluding tert-OH is 6. The molecule has 0 radical (unpaired) electrons. The van der Waals surface area contributed by atoms with Crippen molar-refractivity contribution in [2.75, 3.05) is 30.4 Å². The molecule has 0 aliphatic carbocycles. The molecule has 19 N–H and O–H groups in total. The van der Waals surface area contributed by atoms with Crippen LogP contribution in [0, 0.1) is 3.57 Å². The number of nitrogens with two attached hydrogens (primary N) is 1. The van der Waals surface area contributed by atoms with Crippen LogP contribution in [0.3, 0.4) is 0 Å². The van der Waals surface area contributed by atoms with Crippen molar-refractivity contribution in [2.45, 2.75) is 149 Å². The largest absolute Gasteiger partial charge is 0.507 e. The number of aromatic hydroxyl groups is 1. The summed E-state index contributed by atoms with van der Waals surface area (Å²) in [5.41, 5.74) is 6.87. The number of phenols is 1. The number of aliphatic hydroxyl groups is 6. The van der Waals surface area contributed by atoms with Crippen LogP contribution >= 0.6 is 55.9 Å². The zero-order chi connectivity index (χ0) is 65.8. The molecule has 0 saturated carbocycles. The number of aromatic nitrogens is 1. The first-order valence-corrected chi connectivity index (χ1v) is 33.4. The summed E-state index contributed by atoms with van der Waals surface area (Å²) in [5, 5.41) is 104. The summed E-state index contributed by atoms with van der Waals surface area (Å²) < 4.78 is 5.94. The minimum absolute atomic E-state index is 0.0555. The average Bonchev–Trinajstić information content (AvgIpc) is 2.51. The highest BCUT2D eigenvalue weighted by Crippen LogP contribution is 2.30. The first kappa shape index (κ1) is 72.7. The molecule has 2 aliphatic heterocycles. The van der Waals surface area contributed by atoms with E-state index in [1.807, 2.05) is 22.6 Å². The number of hydrogen-bond donors (Lipinski definition) is 18. The summed E-state index contributed by atoms with van der Waals surface area (Å²) in [6.07, 6.45) is -8.10. The van der Waals surface area contributed by atoms with Crippen LogP contribution < -0.4 is 48.3 Å². The third-order valence-corrected chi connectivity index (χ3v) is 19.2. The summed E-state index contributed by atoms with van der Waals surface area (Å²) in [4.78, 5) is 132. The van der Waals surface area contributed by atoms with Crippen molar-refractivity contribution in [1.29, 1.82) is 0 Å². The smallest absolute Gasteiger partial charge is 0.328 e. The number of benzene rings is 3. The molecule has 2 saturated heterocycles. The van der Waals surface area contributed by atoms with E-state index in [9.17, 15) is 74.4 Å². The molecule has 15 atom stereocenters. The number of thioether (sulfide) groups is 1. The molecule has 3 heterocycles. The number of halogens is 1. The van der Waals surface area contributed by atoms with Crippen molar-refractivity contribution in [1.82, 2.24) is 47.5 Å². The number of para-hydroxylation sites is 1. The second-order valence-electron chi connectivity index (χ2n) is 21.6. The number of H-pyrrole nitrogens is 1. The number of carbonyl (C=O) groups excluding carboxylic acids is 8. The third kappa shape index (κ3) is 21.1. The number of rotatable bonds is 23. The zero-order valence-electron chi connectivity index (χ0n) is 49.0. The number of carboxylic acids is 1. The minimum Gasteiger partial charge on any atom is -0.507 e. The van der Waals surface area contributed by atoms with E-state index in [-0.39, 0.29) is 56.6 Å². The van der Waals surface area contributed by atoms with Gasteiger partial charge in [0.05, 0.1) is 22.4 Å². The van der Waals surface area contributed by atoms with E-state index in [1.165, 1.54) is 19.1 Å². The molecule has 0 spiro atoms. The van der Waals surface area contributed by atoms with Gasteiger partial charge in [-0.05, 0) is 97.1 Å². The van der Waals surface area contributed by atoms with Gasteiger partial charge in [0.1, 0.15) is 77.9 Å². The lowest BCUT2D eigenvalue weighted by molar-refractivity contribution is -0.205. The van der Waals surface area contributed by atoms with Gasteiger partial charge in [0.25, 0.3) is 0 Å². The molecule has 32 heteroatoms. The SMILES string of the molecule is C[C@@H](O)[C@H](NC(=O)[C@@H]1CSSC[C@H](NC(=O)[C@@H](Cc2ccccc2)NC(=O)CCS[C@@H]2O[C@H](CO)[C@@H](O)[C@H](O)[C@H]2O)C(=O)N[C@@H](Cc2ccc(O)c([123I])c2)C(=O)N[C@H](Cc2c[nH]c3ccccc23)C(=O)N[C@@H](CCCCN)C(=O)N[C@@H]([C@@H](C)O)C(=O)N1)C(=O)O. The number of nitrogens with one attached hydrogen (secondary N) is 9. The average molecular weight is 1420 g/mol. The van der Waals surface area contributed by atoms with Gasteiger partial charge in [0, 0.05) is 60.0 Å². The lowest BCUT2D eigenvalue weighted by atomic mass is 10.0. The molecular weight excluding hydrogens is 1340 g/mol. The number of fused-ring (bicyclic) bond motifs is 1. The normalized spacial score (nSPS) is 25.6. The molecule has 1 aromatic heterocycles. The standard InChI is InChI=1S/C58H77IN10O18S3/c1-28(71)45-56(84)67-41(55(83)69-46(29(2)72)57(85)86)27-90-89-26-40(66-51(79)37(21-30-10-4-3-5-11-30)62-44(74)17-19-88-58-49(77)48(76)47(75)43(25-70)87-58)54(82)64-38(22-31-15-16-42(73)34(59)20-31)52(80)65-39(23-32-24-61-35-13-7-6-12-33(32)35)53(81)63-36(50(78)68-45)14-8-9-18-60/h3-7,10-13,15-16,20,24,28-29,36-41,43,45-49,58,61,70-73,75-77H,8-9,14,17-19,21-23,25-27,60H2,1-2H3,(H,62,74)(H,63,81)(H,64,82)(H,65,80)(H,66,79)(H,67,84)(H,68,78)(H,69,83)(H,85,86)/t28-,29-,36+,37-,38+,39-,40+,41+,43-,45+,46+,47-,48+,49-,58+/m1/s1/i59-4. The van der Waals surface area contributed by atoms with E-state index in [0.29, 0.717) is 37.6 Å². The molecule has 90 heavy (non-hydrogen) atoms. The van der Waals surface area contributed by atoms with Crippen molar-refractivity contribution in [3.63, 3.8) is 0 Å². The third-order valence-electron chi connectivity index (χ3n) is 14.7. The number of unbranched alkanes of at least 4 members (excludes halogenated alkanes) is 1. The van der Waals surface area contributed by atoms with Crippen molar-refractivity contribution < 1.29 is 88.7 Å². The van der Waals surface area contributed by atoms with Crippen LogP contribution in [0.15, 0.2) is 79.0 Å². The molecule has 3 aromatic carbocycles. The second-order valence-corrected chi connectivity index (χ2v) is 26.6. The number of carbonyl (C=O) groups is 9. The van der Waals surface area contributed by atoms with E-state index in [1.54, 1.807) is 66.9 Å². The molecular formula is C58H77IN10O18S3. The highest BCUT2D eigenvalue weighted by atomic mass is 123. The fourth-order valence-electron chi connectivity index (χ4n) is 9.66. The highest BCUT2D eigenvalue weighted by Gasteiger charge is 2.44. The first-order chi connectivity index (χ1) is 42.9. The number of phenolic OH excluding ortho intramolecular Hbond substituents is 1. The maximum Gasteiger partial charge on any atom is 0.328 e. The number of amides is 8. The van der Waals surface area contributed by atoms with Crippen LogP contribution in [0.5, 0.6) is 5.75 Å². The van der Waals surface area contributed by atoms with Gasteiger partial charge in [-0.2, -0.15) is 0 Å². The Balaban J connectivity index is 1.40. The van der Waals surface area contributed by atoms with Gasteiger partial charge < -0.3 is 98.8 Å². The summed E-state index contributed by atoms with van der Waals surface area (Å²) in [7, 11) is 1.69. The fraction of sp³-hybridized carbons (Fsp3) is 0.500. The van der Waals surface area contributed by atoms with Crippen LogP contribution in [0.2, 0.25) is 0 Å². The molecule has 492 valence electrons. The number of aromatic amines is 1. The van der Waals surface area contributed by atoms with Crippen molar-refractivity contribution >= 4 is 120 Å². The quantitative estimate of drug-likeness (QED) is 0.0211. The molecule has 28 nitrogen and oxygen atoms in total. The molecule has 8 amide bonds. The summed E-state index contributed by atoms with van der Waals surface area (Å²) in [5.74, 6) is -10.3.